The highest BCUT2D eigenvalue weighted by molar-refractivity contribution is 5.01. The standard InChI is InChI=1S/C16H28N2/c1-2-3-4-5-6-7-8-9-10-11-12-16-13-17-15-18-14-16/h13-15H,2-12H2,1H3. The third kappa shape index (κ3) is 8.21. The molecule has 0 aliphatic heterocycles. The molecule has 0 N–H and O–H groups in total. The SMILES string of the molecule is CCCCCCCCCCCCc1cncnc1. The van der Waals surface area contributed by atoms with E-state index >= 15 is 0 Å². The Morgan fingerprint density at radius 2 is 1.22 bits per heavy atom. The molecule has 0 saturated heterocycles. The van der Waals surface area contributed by atoms with Gasteiger partial charge in [-0.2, -0.15) is 0 Å². The van der Waals surface area contributed by atoms with Crippen LogP contribution >= 0.6 is 0 Å². The summed E-state index contributed by atoms with van der Waals surface area (Å²) in [7, 11) is 0. The maximum absolute atomic E-state index is 4.04. The van der Waals surface area contributed by atoms with E-state index in [-0.39, 0.29) is 0 Å². The second-order valence-electron chi connectivity index (χ2n) is 5.18. The first-order valence-electron chi connectivity index (χ1n) is 7.67. The topological polar surface area (TPSA) is 25.8 Å². The van der Waals surface area contributed by atoms with E-state index in [1.807, 2.05) is 12.4 Å². The van der Waals surface area contributed by atoms with Gasteiger partial charge in [0.25, 0.3) is 0 Å². The zero-order valence-electron chi connectivity index (χ0n) is 11.9. The maximum Gasteiger partial charge on any atom is 0.115 e. The van der Waals surface area contributed by atoms with Crippen LogP contribution < -0.4 is 0 Å². The van der Waals surface area contributed by atoms with Crippen molar-refractivity contribution in [3.63, 3.8) is 0 Å². The fourth-order valence-corrected chi connectivity index (χ4v) is 2.28. The van der Waals surface area contributed by atoms with Crippen molar-refractivity contribution in [2.24, 2.45) is 0 Å². The van der Waals surface area contributed by atoms with Crippen molar-refractivity contribution < 1.29 is 0 Å². The Labute approximate surface area is 112 Å². The minimum atomic E-state index is 1.14. The van der Waals surface area contributed by atoms with Gasteiger partial charge in [0.2, 0.25) is 0 Å². The van der Waals surface area contributed by atoms with Gasteiger partial charge >= 0.3 is 0 Å². The summed E-state index contributed by atoms with van der Waals surface area (Å²) in [4.78, 5) is 8.07. The highest BCUT2D eigenvalue weighted by Gasteiger charge is 1.95. The van der Waals surface area contributed by atoms with Crippen LogP contribution in [0, 0.1) is 0 Å². The summed E-state index contributed by atoms with van der Waals surface area (Å²) in [5, 5.41) is 0. The predicted octanol–water partition coefficient (Wildman–Crippen LogP) is 4.94. The summed E-state index contributed by atoms with van der Waals surface area (Å²) in [5.41, 5.74) is 1.28. The molecule has 0 aromatic carbocycles. The van der Waals surface area contributed by atoms with E-state index in [0.29, 0.717) is 0 Å². The molecule has 0 atom stereocenters. The molecule has 0 spiro atoms. The molecule has 2 heteroatoms. The minimum absolute atomic E-state index is 1.14. The Balaban J connectivity index is 1.82. The van der Waals surface area contributed by atoms with Crippen molar-refractivity contribution >= 4 is 0 Å². The first-order valence-corrected chi connectivity index (χ1v) is 7.67. The average Bonchev–Trinajstić information content (AvgIpc) is 2.42. The van der Waals surface area contributed by atoms with Crippen molar-refractivity contribution in [3.8, 4) is 0 Å². The molecule has 0 saturated carbocycles. The Hall–Kier alpha value is -0.920. The molecule has 1 heterocycles. The van der Waals surface area contributed by atoms with Gasteiger partial charge in [-0.1, -0.05) is 64.7 Å². The number of aromatic nitrogens is 2. The molecule has 0 fully saturated rings. The number of hydrogen-bond acceptors (Lipinski definition) is 2. The number of aryl methyl sites for hydroxylation is 1. The van der Waals surface area contributed by atoms with Gasteiger partial charge in [-0.3, -0.25) is 0 Å². The average molecular weight is 248 g/mol. The molecule has 2 nitrogen and oxygen atoms in total. The van der Waals surface area contributed by atoms with E-state index in [2.05, 4.69) is 16.9 Å². The van der Waals surface area contributed by atoms with Crippen molar-refractivity contribution in [1.82, 2.24) is 9.97 Å². The Morgan fingerprint density at radius 3 is 1.78 bits per heavy atom. The zero-order chi connectivity index (χ0) is 12.9. The molecule has 0 bridgehead atoms. The Kier molecular flexibility index (Phi) is 9.41. The number of unbranched alkanes of at least 4 members (excludes halogenated alkanes) is 9. The number of hydrogen-bond donors (Lipinski definition) is 0. The summed E-state index contributed by atoms with van der Waals surface area (Å²) in [5.74, 6) is 0. The van der Waals surface area contributed by atoms with Gasteiger partial charge < -0.3 is 0 Å². The summed E-state index contributed by atoms with van der Waals surface area (Å²) in [6.07, 6.45) is 20.5. The Morgan fingerprint density at radius 1 is 0.722 bits per heavy atom. The van der Waals surface area contributed by atoms with Gasteiger partial charge in [0.15, 0.2) is 0 Å². The molecule has 0 aliphatic carbocycles. The monoisotopic (exact) mass is 248 g/mol. The molecule has 1 aromatic heterocycles. The summed E-state index contributed by atoms with van der Waals surface area (Å²) < 4.78 is 0. The van der Waals surface area contributed by atoms with Crippen LogP contribution in [-0.2, 0) is 6.42 Å². The molecule has 1 aromatic rings. The van der Waals surface area contributed by atoms with Crippen LogP contribution in [0.3, 0.4) is 0 Å². The van der Waals surface area contributed by atoms with E-state index < -0.39 is 0 Å². The molecule has 0 amide bonds. The van der Waals surface area contributed by atoms with Crippen LogP contribution in [0.2, 0.25) is 0 Å². The lowest BCUT2D eigenvalue weighted by Gasteiger charge is -2.02. The molecule has 0 aliphatic rings. The molecule has 18 heavy (non-hydrogen) atoms. The van der Waals surface area contributed by atoms with Gasteiger partial charge in [0.1, 0.15) is 6.33 Å². The van der Waals surface area contributed by atoms with Crippen molar-refractivity contribution in [2.45, 2.75) is 77.6 Å². The van der Waals surface area contributed by atoms with Gasteiger partial charge in [0.05, 0.1) is 0 Å². The van der Waals surface area contributed by atoms with E-state index in [0.717, 1.165) is 6.42 Å². The molecule has 102 valence electrons. The largest absolute Gasteiger partial charge is 0.245 e. The summed E-state index contributed by atoms with van der Waals surface area (Å²) in [6, 6.07) is 0. The smallest absolute Gasteiger partial charge is 0.115 e. The molecule has 0 unspecified atom stereocenters. The highest BCUT2D eigenvalue weighted by atomic mass is 14.8. The van der Waals surface area contributed by atoms with Gasteiger partial charge in [0, 0.05) is 12.4 Å². The number of rotatable bonds is 11. The van der Waals surface area contributed by atoms with Crippen LogP contribution in [-0.4, -0.2) is 9.97 Å². The summed E-state index contributed by atoms with van der Waals surface area (Å²) in [6.45, 7) is 2.28. The van der Waals surface area contributed by atoms with Crippen molar-refractivity contribution in [1.29, 1.82) is 0 Å². The Bertz CT molecular complexity index is 272. The lowest BCUT2D eigenvalue weighted by Crippen LogP contribution is -1.88. The highest BCUT2D eigenvalue weighted by Crippen LogP contribution is 2.11. The third-order valence-corrected chi connectivity index (χ3v) is 3.43. The first-order chi connectivity index (χ1) is 8.93. The second-order valence-corrected chi connectivity index (χ2v) is 5.18. The van der Waals surface area contributed by atoms with Gasteiger partial charge in [-0.05, 0) is 18.4 Å². The predicted molar refractivity (Wildman–Crippen MR) is 77.6 cm³/mol. The fourth-order valence-electron chi connectivity index (χ4n) is 2.28. The normalized spacial score (nSPS) is 10.7. The maximum atomic E-state index is 4.04. The third-order valence-electron chi connectivity index (χ3n) is 3.43. The van der Waals surface area contributed by atoms with Crippen molar-refractivity contribution in [2.75, 3.05) is 0 Å². The van der Waals surface area contributed by atoms with E-state index in [1.165, 1.54) is 69.8 Å². The van der Waals surface area contributed by atoms with Crippen molar-refractivity contribution in [3.05, 3.63) is 24.3 Å². The van der Waals surface area contributed by atoms with Crippen LogP contribution in [0.4, 0.5) is 0 Å². The first kappa shape index (κ1) is 15.1. The molecular formula is C16H28N2. The molecule has 1 rings (SSSR count). The van der Waals surface area contributed by atoms with Crippen LogP contribution in [0.5, 0.6) is 0 Å². The zero-order valence-corrected chi connectivity index (χ0v) is 11.9. The summed E-state index contributed by atoms with van der Waals surface area (Å²) >= 11 is 0. The lowest BCUT2D eigenvalue weighted by molar-refractivity contribution is 0.556. The number of nitrogens with zero attached hydrogens (tertiary/aromatic N) is 2. The molecular weight excluding hydrogens is 220 g/mol. The van der Waals surface area contributed by atoms with Crippen LogP contribution in [0.25, 0.3) is 0 Å². The van der Waals surface area contributed by atoms with Crippen LogP contribution in [0.1, 0.15) is 76.7 Å². The second kappa shape index (κ2) is 11.2. The van der Waals surface area contributed by atoms with E-state index in [4.69, 9.17) is 0 Å². The fraction of sp³-hybridized carbons (Fsp3) is 0.750. The quantitative estimate of drug-likeness (QED) is 0.518. The lowest BCUT2D eigenvalue weighted by atomic mass is 10.0. The molecule has 0 radical (unpaired) electrons. The minimum Gasteiger partial charge on any atom is -0.245 e. The van der Waals surface area contributed by atoms with Crippen LogP contribution in [0.15, 0.2) is 18.7 Å². The van der Waals surface area contributed by atoms with E-state index in [9.17, 15) is 0 Å². The van der Waals surface area contributed by atoms with Gasteiger partial charge in [-0.15, -0.1) is 0 Å². The van der Waals surface area contributed by atoms with Gasteiger partial charge in [-0.25, -0.2) is 9.97 Å². The van der Waals surface area contributed by atoms with E-state index in [1.54, 1.807) is 6.33 Å².